The highest BCUT2D eigenvalue weighted by molar-refractivity contribution is 6.32. The molecule has 0 radical (unpaired) electrons. The average molecular weight is 656 g/mol. The van der Waals surface area contributed by atoms with Crippen molar-refractivity contribution in [3.05, 3.63) is 200 Å². The minimum atomic E-state index is -1.35. The van der Waals surface area contributed by atoms with Crippen molar-refractivity contribution in [2.24, 2.45) is 0 Å². The zero-order valence-electron chi connectivity index (χ0n) is 25.4. The van der Waals surface area contributed by atoms with Gasteiger partial charge in [-0.25, -0.2) is 0 Å². The van der Waals surface area contributed by atoms with Gasteiger partial charge in [0.1, 0.15) is 5.41 Å². The van der Waals surface area contributed by atoms with Crippen molar-refractivity contribution in [3.8, 4) is 34.1 Å². The van der Waals surface area contributed by atoms with Gasteiger partial charge in [-0.15, -0.1) is 5.73 Å². The Labute approximate surface area is 288 Å². The Kier molecular flexibility index (Phi) is 7.33. The summed E-state index contributed by atoms with van der Waals surface area (Å²) >= 11 is 13.2. The molecule has 0 aromatic heterocycles. The van der Waals surface area contributed by atoms with Gasteiger partial charge in [-0.1, -0.05) is 150 Å². The Balaban J connectivity index is 1.54. The molecule has 2 aliphatic rings. The maximum absolute atomic E-state index is 15.1. The predicted octanol–water partition coefficient (Wildman–Crippen LogP) is 10.7. The van der Waals surface area contributed by atoms with E-state index in [1.165, 1.54) is 0 Å². The normalized spacial score (nSPS) is 12.8. The van der Waals surface area contributed by atoms with Crippen LogP contribution in [0.1, 0.15) is 43.0 Å². The van der Waals surface area contributed by atoms with Gasteiger partial charge in [-0.05, 0) is 74.7 Å². The quantitative estimate of drug-likeness (QED) is 0.0622. The van der Waals surface area contributed by atoms with Gasteiger partial charge in [0, 0.05) is 26.7 Å². The van der Waals surface area contributed by atoms with Crippen LogP contribution in [-0.4, -0.2) is 11.6 Å². The van der Waals surface area contributed by atoms with E-state index < -0.39 is 5.41 Å². The number of hydrogen-bond donors (Lipinski definition) is 0. The Morgan fingerprint density at radius 2 is 0.979 bits per heavy atom. The third-order valence-electron chi connectivity index (χ3n) is 9.03. The summed E-state index contributed by atoms with van der Waals surface area (Å²) in [7, 11) is 0. The molecular weight excluding hydrogens is 631 g/mol. The monoisotopic (exact) mass is 654 g/mol. The number of halogens is 2. The summed E-state index contributed by atoms with van der Waals surface area (Å²) in [5.41, 5.74) is 11.3. The van der Waals surface area contributed by atoms with Crippen LogP contribution in [0.3, 0.4) is 0 Å². The number of carbonyl (C=O) groups excluding carboxylic acids is 2. The van der Waals surface area contributed by atoms with Crippen LogP contribution in [0.4, 0.5) is 0 Å². The van der Waals surface area contributed by atoms with Crippen molar-refractivity contribution in [1.29, 1.82) is 0 Å². The molecule has 0 atom stereocenters. The topological polar surface area (TPSA) is 34.1 Å². The fourth-order valence-electron chi connectivity index (χ4n) is 6.89. The summed E-state index contributed by atoms with van der Waals surface area (Å²) in [5.74, 6) is 5.80. The second kappa shape index (κ2) is 11.8. The zero-order valence-corrected chi connectivity index (χ0v) is 26.9. The summed E-state index contributed by atoms with van der Waals surface area (Å²) in [6.07, 6.45) is 0. The van der Waals surface area contributed by atoms with Gasteiger partial charge < -0.3 is 0 Å². The number of carbonyl (C=O) groups is 2. The molecule has 6 aromatic carbocycles. The number of benzene rings is 6. The summed E-state index contributed by atoms with van der Waals surface area (Å²) in [6, 6.07) is 45.4. The average Bonchev–Trinajstić information content (AvgIpc) is 3.58. The number of fused-ring (bicyclic) bond motifs is 6. The van der Waals surface area contributed by atoms with Crippen LogP contribution in [0.5, 0.6) is 0 Å². The third kappa shape index (κ3) is 4.77. The van der Waals surface area contributed by atoms with E-state index in [-0.39, 0.29) is 11.6 Å². The maximum atomic E-state index is 15.1. The van der Waals surface area contributed by atoms with Gasteiger partial charge in [0.05, 0.1) is 5.57 Å². The summed E-state index contributed by atoms with van der Waals surface area (Å²) in [5, 5.41) is 1.12. The lowest BCUT2D eigenvalue weighted by molar-refractivity contribution is 0.102. The van der Waals surface area contributed by atoms with Gasteiger partial charge in [0.2, 0.25) is 5.78 Å². The first-order chi connectivity index (χ1) is 23.5. The Hall–Kier alpha value is -5.68. The van der Waals surface area contributed by atoms with Crippen molar-refractivity contribution in [3.63, 3.8) is 0 Å². The summed E-state index contributed by atoms with van der Waals surface area (Å²) in [4.78, 5) is 28.8. The SMILES string of the molecule is O=C(C#CC1(C(=C=C2c3cc(Cl)ccc3-c3ccc(Cl)cc32)C(=O)c2ccccc2)c2ccccc2-c2ccccc21)c1ccccc1. The van der Waals surface area contributed by atoms with Crippen molar-refractivity contribution >= 4 is 40.3 Å². The number of Topliss-reactive ketones (excluding diaryl/α,β-unsaturated/α-hetero) is 2. The van der Waals surface area contributed by atoms with E-state index in [0.29, 0.717) is 32.3 Å². The Bertz CT molecular complexity index is 2340. The number of allylic oxidation sites excluding steroid dienone is 1. The molecular formula is C44H24Cl2O2. The molecule has 0 bridgehead atoms. The van der Waals surface area contributed by atoms with Crippen molar-refractivity contribution in [2.75, 3.05) is 0 Å². The second-order valence-electron chi connectivity index (χ2n) is 11.7. The Morgan fingerprint density at radius 3 is 1.52 bits per heavy atom. The second-order valence-corrected chi connectivity index (χ2v) is 12.6. The highest BCUT2D eigenvalue weighted by Gasteiger charge is 2.48. The number of rotatable bonds is 4. The molecule has 2 nitrogen and oxygen atoms in total. The molecule has 0 saturated heterocycles. The van der Waals surface area contributed by atoms with E-state index in [9.17, 15) is 4.79 Å². The molecule has 0 N–H and O–H groups in total. The summed E-state index contributed by atoms with van der Waals surface area (Å²) in [6.45, 7) is 0. The molecule has 6 aromatic rings. The zero-order chi connectivity index (χ0) is 32.8. The predicted molar refractivity (Wildman–Crippen MR) is 193 cm³/mol. The van der Waals surface area contributed by atoms with Crippen LogP contribution in [0.2, 0.25) is 10.0 Å². The standard InChI is InChI=1S/C44H24Cl2O2/c45-30-19-21-32-33-22-20-31(46)26-37(33)38(36(32)25-30)27-41(43(48)29-13-5-2-6-14-29)44(24-23-42(47)28-11-3-1-4-12-28)39-17-9-7-15-34(39)35-16-8-10-18-40(35)44/h1-22,25-26H. The lowest BCUT2D eigenvalue weighted by Crippen LogP contribution is -2.31. The fraction of sp³-hybridized carbons (Fsp3) is 0.0227. The highest BCUT2D eigenvalue weighted by atomic mass is 35.5. The van der Waals surface area contributed by atoms with Crippen molar-refractivity contribution in [1.82, 2.24) is 0 Å². The van der Waals surface area contributed by atoms with Crippen LogP contribution < -0.4 is 0 Å². The molecule has 0 saturated carbocycles. The largest absolute Gasteiger partial charge is 0.288 e. The molecule has 48 heavy (non-hydrogen) atoms. The molecule has 0 unspecified atom stereocenters. The van der Waals surface area contributed by atoms with E-state index in [1.807, 2.05) is 121 Å². The number of ketones is 2. The molecule has 8 rings (SSSR count). The van der Waals surface area contributed by atoms with Crippen LogP contribution in [0.25, 0.3) is 27.8 Å². The molecule has 4 heteroatoms. The fourth-order valence-corrected chi connectivity index (χ4v) is 7.23. The van der Waals surface area contributed by atoms with Crippen molar-refractivity contribution in [2.45, 2.75) is 5.41 Å². The first-order valence-corrected chi connectivity index (χ1v) is 16.2. The molecule has 226 valence electrons. The van der Waals surface area contributed by atoms with Gasteiger partial charge in [-0.2, -0.15) is 0 Å². The van der Waals surface area contributed by atoms with Gasteiger partial charge in [-0.3, -0.25) is 9.59 Å². The molecule has 0 aliphatic heterocycles. The van der Waals surface area contributed by atoms with E-state index >= 15 is 4.79 Å². The first kappa shape index (κ1) is 29.7. The molecule has 0 spiro atoms. The van der Waals surface area contributed by atoms with E-state index in [4.69, 9.17) is 23.2 Å². The van der Waals surface area contributed by atoms with E-state index in [0.717, 1.165) is 44.5 Å². The lowest BCUT2D eigenvalue weighted by Gasteiger charge is -2.28. The summed E-state index contributed by atoms with van der Waals surface area (Å²) < 4.78 is 0. The molecule has 0 heterocycles. The van der Waals surface area contributed by atoms with Gasteiger partial charge in [0.25, 0.3) is 0 Å². The highest BCUT2D eigenvalue weighted by Crippen LogP contribution is 2.54. The van der Waals surface area contributed by atoms with E-state index in [2.05, 4.69) is 17.6 Å². The van der Waals surface area contributed by atoms with Crippen LogP contribution in [0, 0.1) is 11.8 Å². The van der Waals surface area contributed by atoms with Gasteiger partial charge in [0.15, 0.2) is 5.78 Å². The van der Waals surface area contributed by atoms with Crippen molar-refractivity contribution < 1.29 is 9.59 Å². The van der Waals surface area contributed by atoms with Gasteiger partial charge >= 0.3 is 0 Å². The first-order valence-electron chi connectivity index (χ1n) is 15.5. The minimum Gasteiger partial charge on any atom is -0.288 e. The minimum absolute atomic E-state index is 0.255. The van der Waals surface area contributed by atoms with Crippen LogP contribution in [0.15, 0.2) is 157 Å². The third-order valence-corrected chi connectivity index (χ3v) is 9.50. The van der Waals surface area contributed by atoms with E-state index in [1.54, 1.807) is 24.3 Å². The number of hydrogen-bond acceptors (Lipinski definition) is 2. The molecule has 0 fully saturated rings. The van der Waals surface area contributed by atoms with Crippen LogP contribution >= 0.6 is 23.2 Å². The molecule has 0 amide bonds. The lowest BCUT2D eigenvalue weighted by atomic mass is 9.70. The molecule has 2 aliphatic carbocycles. The smallest absolute Gasteiger partial charge is 0.235 e. The maximum Gasteiger partial charge on any atom is 0.235 e. The van der Waals surface area contributed by atoms with Crippen LogP contribution in [-0.2, 0) is 5.41 Å². The Morgan fingerprint density at radius 1 is 0.500 bits per heavy atom.